The van der Waals surface area contributed by atoms with Gasteiger partial charge in [-0.05, 0) is 55.9 Å². The first kappa shape index (κ1) is 15.3. The third-order valence-electron chi connectivity index (χ3n) is 5.33. The summed E-state index contributed by atoms with van der Waals surface area (Å²) in [6.45, 7) is 11.9. The SMILES string of the molecule is CC(C)CCN(CC1CCCC(C)(C)C1N)C1CC1. The van der Waals surface area contributed by atoms with Crippen molar-refractivity contribution in [2.45, 2.75) is 78.3 Å². The number of nitrogens with two attached hydrogens (primary N) is 1. The van der Waals surface area contributed by atoms with E-state index in [1.54, 1.807) is 0 Å². The third-order valence-corrected chi connectivity index (χ3v) is 5.33. The molecular formula is C17H34N2. The Hall–Kier alpha value is -0.0800. The largest absolute Gasteiger partial charge is 0.327 e. The first-order valence-corrected chi connectivity index (χ1v) is 8.40. The molecule has 0 amide bonds. The lowest BCUT2D eigenvalue weighted by atomic mass is 9.68. The topological polar surface area (TPSA) is 29.3 Å². The van der Waals surface area contributed by atoms with E-state index < -0.39 is 0 Å². The van der Waals surface area contributed by atoms with Crippen molar-refractivity contribution in [3.8, 4) is 0 Å². The van der Waals surface area contributed by atoms with Crippen molar-refractivity contribution < 1.29 is 0 Å². The van der Waals surface area contributed by atoms with Crippen LogP contribution in [0.4, 0.5) is 0 Å². The molecule has 0 aromatic carbocycles. The van der Waals surface area contributed by atoms with E-state index in [1.807, 2.05) is 0 Å². The van der Waals surface area contributed by atoms with Crippen LogP contribution < -0.4 is 5.73 Å². The Morgan fingerprint density at radius 2 is 1.89 bits per heavy atom. The minimum absolute atomic E-state index is 0.343. The predicted octanol–water partition coefficient (Wildman–Crippen LogP) is 3.65. The van der Waals surface area contributed by atoms with E-state index in [0.717, 1.165) is 17.9 Å². The fraction of sp³-hybridized carbons (Fsp3) is 1.00. The smallest absolute Gasteiger partial charge is 0.0131 e. The van der Waals surface area contributed by atoms with Gasteiger partial charge in [-0.1, -0.05) is 34.1 Å². The molecule has 2 unspecified atom stereocenters. The zero-order chi connectivity index (χ0) is 14.0. The molecule has 0 aromatic rings. The van der Waals surface area contributed by atoms with Gasteiger partial charge in [0.15, 0.2) is 0 Å². The fourth-order valence-electron chi connectivity index (χ4n) is 3.60. The Balaban J connectivity index is 1.89. The predicted molar refractivity (Wildman–Crippen MR) is 83.1 cm³/mol. The molecule has 19 heavy (non-hydrogen) atoms. The Kier molecular flexibility index (Phi) is 4.94. The van der Waals surface area contributed by atoms with Crippen LogP contribution in [0.3, 0.4) is 0 Å². The maximum atomic E-state index is 6.55. The molecule has 2 nitrogen and oxygen atoms in total. The summed E-state index contributed by atoms with van der Waals surface area (Å²) >= 11 is 0. The van der Waals surface area contributed by atoms with Crippen LogP contribution in [0.15, 0.2) is 0 Å². The van der Waals surface area contributed by atoms with Crippen molar-refractivity contribution in [2.24, 2.45) is 23.0 Å². The molecule has 2 aliphatic rings. The molecule has 2 saturated carbocycles. The van der Waals surface area contributed by atoms with Gasteiger partial charge in [0.1, 0.15) is 0 Å². The lowest BCUT2D eigenvalue weighted by Crippen LogP contribution is -2.50. The van der Waals surface area contributed by atoms with Crippen molar-refractivity contribution in [2.75, 3.05) is 13.1 Å². The Morgan fingerprint density at radius 3 is 2.47 bits per heavy atom. The van der Waals surface area contributed by atoms with Crippen LogP contribution in [0.25, 0.3) is 0 Å². The van der Waals surface area contributed by atoms with Gasteiger partial charge in [-0.2, -0.15) is 0 Å². The molecule has 2 atom stereocenters. The molecule has 0 saturated heterocycles. The summed E-state index contributed by atoms with van der Waals surface area (Å²) in [5.41, 5.74) is 6.90. The Bertz CT molecular complexity index is 281. The molecule has 0 radical (unpaired) electrons. The van der Waals surface area contributed by atoms with Crippen LogP contribution in [-0.4, -0.2) is 30.1 Å². The monoisotopic (exact) mass is 266 g/mol. The molecule has 0 aromatic heterocycles. The maximum Gasteiger partial charge on any atom is 0.0131 e. The van der Waals surface area contributed by atoms with Crippen LogP contribution in [-0.2, 0) is 0 Å². The van der Waals surface area contributed by atoms with Crippen molar-refractivity contribution >= 4 is 0 Å². The summed E-state index contributed by atoms with van der Waals surface area (Å²) in [6.07, 6.45) is 8.19. The Labute approximate surface area is 120 Å². The summed E-state index contributed by atoms with van der Waals surface area (Å²) in [6, 6.07) is 1.28. The summed E-state index contributed by atoms with van der Waals surface area (Å²) in [7, 11) is 0. The molecule has 0 bridgehead atoms. The van der Waals surface area contributed by atoms with Gasteiger partial charge in [0, 0.05) is 18.6 Å². The number of hydrogen-bond donors (Lipinski definition) is 1. The highest BCUT2D eigenvalue weighted by Gasteiger charge is 2.39. The fourth-order valence-corrected chi connectivity index (χ4v) is 3.60. The van der Waals surface area contributed by atoms with Gasteiger partial charge in [0.2, 0.25) is 0 Å². The van der Waals surface area contributed by atoms with Gasteiger partial charge in [-0.25, -0.2) is 0 Å². The maximum absolute atomic E-state index is 6.55. The number of nitrogens with zero attached hydrogens (tertiary/aromatic N) is 1. The molecule has 0 heterocycles. The number of hydrogen-bond acceptors (Lipinski definition) is 2. The second-order valence-electron chi connectivity index (χ2n) is 8.08. The lowest BCUT2D eigenvalue weighted by Gasteiger charge is -2.43. The Morgan fingerprint density at radius 1 is 1.21 bits per heavy atom. The van der Waals surface area contributed by atoms with Crippen LogP contribution in [0.5, 0.6) is 0 Å². The van der Waals surface area contributed by atoms with Crippen LogP contribution >= 0.6 is 0 Å². The summed E-state index contributed by atoms with van der Waals surface area (Å²) in [4.78, 5) is 2.76. The highest BCUT2D eigenvalue weighted by atomic mass is 15.2. The molecule has 2 aliphatic carbocycles. The lowest BCUT2D eigenvalue weighted by molar-refractivity contribution is 0.0970. The average Bonchev–Trinajstić information content (AvgIpc) is 3.13. The third kappa shape index (κ3) is 4.19. The van der Waals surface area contributed by atoms with Gasteiger partial charge in [-0.15, -0.1) is 0 Å². The van der Waals surface area contributed by atoms with Gasteiger partial charge in [0.05, 0.1) is 0 Å². The zero-order valence-corrected chi connectivity index (χ0v) is 13.5. The minimum Gasteiger partial charge on any atom is -0.327 e. The van der Waals surface area contributed by atoms with E-state index in [2.05, 4.69) is 32.6 Å². The van der Waals surface area contributed by atoms with Crippen LogP contribution in [0.1, 0.15) is 66.2 Å². The van der Waals surface area contributed by atoms with Gasteiger partial charge < -0.3 is 10.6 Å². The molecular weight excluding hydrogens is 232 g/mol. The highest BCUT2D eigenvalue weighted by Crippen LogP contribution is 2.39. The summed E-state index contributed by atoms with van der Waals surface area (Å²) in [5.74, 6) is 1.54. The minimum atomic E-state index is 0.343. The van der Waals surface area contributed by atoms with Crippen molar-refractivity contribution in [1.82, 2.24) is 4.90 Å². The normalized spacial score (nSPS) is 31.1. The van der Waals surface area contributed by atoms with Crippen molar-refractivity contribution in [3.05, 3.63) is 0 Å². The molecule has 2 rings (SSSR count). The van der Waals surface area contributed by atoms with Gasteiger partial charge in [-0.3, -0.25) is 0 Å². The average molecular weight is 266 g/mol. The van der Waals surface area contributed by atoms with E-state index in [0.29, 0.717) is 11.5 Å². The van der Waals surface area contributed by atoms with E-state index in [4.69, 9.17) is 5.73 Å². The molecule has 112 valence electrons. The van der Waals surface area contributed by atoms with Gasteiger partial charge in [0.25, 0.3) is 0 Å². The second-order valence-corrected chi connectivity index (χ2v) is 8.08. The van der Waals surface area contributed by atoms with Crippen molar-refractivity contribution in [3.63, 3.8) is 0 Å². The van der Waals surface area contributed by atoms with Crippen molar-refractivity contribution in [1.29, 1.82) is 0 Å². The van der Waals surface area contributed by atoms with Crippen LogP contribution in [0, 0.1) is 17.3 Å². The van der Waals surface area contributed by atoms with Crippen LogP contribution in [0.2, 0.25) is 0 Å². The van der Waals surface area contributed by atoms with Gasteiger partial charge >= 0.3 is 0 Å². The molecule has 2 fully saturated rings. The zero-order valence-electron chi connectivity index (χ0n) is 13.5. The number of rotatable bonds is 6. The van der Waals surface area contributed by atoms with E-state index in [1.165, 1.54) is 51.6 Å². The summed E-state index contributed by atoms with van der Waals surface area (Å²) < 4.78 is 0. The van der Waals surface area contributed by atoms with E-state index in [-0.39, 0.29) is 0 Å². The van der Waals surface area contributed by atoms with E-state index in [9.17, 15) is 0 Å². The first-order chi connectivity index (χ1) is 8.90. The quantitative estimate of drug-likeness (QED) is 0.795. The molecule has 0 spiro atoms. The molecule has 0 aliphatic heterocycles. The summed E-state index contributed by atoms with van der Waals surface area (Å²) in [5, 5.41) is 0. The molecule has 2 N–H and O–H groups in total. The second kappa shape index (κ2) is 6.13. The standard InChI is InChI=1S/C17H34N2/c1-13(2)9-11-19(15-7-8-15)12-14-6-5-10-17(3,4)16(14)18/h13-16H,5-12,18H2,1-4H3. The molecule has 2 heteroatoms. The first-order valence-electron chi connectivity index (χ1n) is 8.40. The highest BCUT2D eigenvalue weighted by molar-refractivity contribution is 4.94. The van der Waals surface area contributed by atoms with E-state index >= 15 is 0 Å².